The number of rotatable bonds is 4. The summed E-state index contributed by atoms with van der Waals surface area (Å²) in [4.78, 5) is 14.0. The molecule has 104 valence electrons. The fourth-order valence-electron chi connectivity index (χ4n) is 2.40. The van der Waals surface area contributed by atoms with Gasteiger partial charge in [-0.1, -0.05) is 29.8 Å². The number of carbonyl (C=O) groups excluding carboxylic acids is 1. The van der Waals surface area contributed by atoms with Crippen LogP contribution in [0.1, 0.15) is 20.3 Å². The summed E-state index contributed by atoms with van der Waals surface area (Å²) >= 11 is 3.44. The molecule has 0 bridgehead atoms. The third-order valence-corrected chi connectivity index (χ3v) is 3.62. The average Bonchev–Trinajstić information content (AvgIpc) is 2.69. The summed E-state index contributed by atoms with van der Waals surface area (Å²) in [6.45, 7) is 4.86. The molecule has 1 atom stereocenters. The van der Waals surface area contributed by atoms with Crippen LogP contribution in [0.3, 0.4) is 0 Å². The van der Waals surface area contributed by atoms with Gasteiger partial charge in [0.2, 0.25) is 5.91 Å². The van der Waals surface area contributed by atoms with E-state index in [2.05, 4.69) is 35.1 Å². The van der Waals surface area contributed by atoms with E-state index in [-0.39, 0.29) is 11.9 Å². The van der Waals surface area contributed by atoms with Crippen molar-refractivity contribution in [3.05, 3.63) is 22.7 Å². The van der Waals surface area contributed by atoms with Crippen LogP contribution in [0.2, 0.25) is 0 Å². The van der Waals surface area contributed by atoms with Gasteiger partial charge in [0, 0.05) is 29.5 Å². The second-order valence-corrected chi connectivity index (χ2v) is 5.96. The van der Waals surface area contributed by atoms with Crippen molar-refractivity contribution in [2.24, 2.45) is 0 Å². The van der Waals surface area contributed by atoms with Crippen LogP contribution in [0.4, 0.5) is 5.69 Å². The molecule has 1 aliphatic heterocycles. The van der Waals surface area contributed by atoms with Crippen molar-refractivity contribution in [1.29, 1.82) is 0 Å². The predicted octanol–water partition coefficient (Wildman–Crippen LogP) is 2.56. The quantitative estimate of drug-likeness (QED) is 0.924. The fraction of sp³-hybridized carbons (Fsp3) is 0.500. The first-order valence-corrected chi connectivity index (χ1v) is 7.20. The Hall–Kier alpha value is -1.07. The van der Waals surface area contributed by atoms with E-state index in [0.29, 0.717) is 19.0 Å². The zero-order valence-electron chi connectivity index (χ0n) is 11.4. The number of carbonyl (C=O) groups is 1. The minimum Gasteiger partial charge on any atom is -0.495 e. The van der Waals surface area contributed by atoms with E-state index >= 15 is 0 Å². The summed E-state index contributed by atoms with van der Waals surface area (Å²) in [5.41, 5.74) is 0.829. The average molecular weight is 327 g/mol. The maximum Gasteiger partial charge on any atom is 0.228 e. The molecule has 5 heteroatoms. The van der Waals surface area contributed by atoms with Crippen LogP contribution in [0.25, 0.3) is 0 Å². The number of hydrogen-bond donors (Lipinski definition) is 1. The first-order valence-electron chi connectivity index (χ1n) is 6.41. The third kappa shape index (κ3) is 3.28. The van der Waals surface area contributed by atoms with Crippen LogP contribution in [-0.4, -0.2) is 31.6 Å². The third-order valence-electron chi connectivity index (χ3n) is 3.13. The highest BCUT2D eigenvalue weighted by atomic mass is 79.9. The summed E-state index contributed by atoms with van der Waals surface area (Å²) < 4.78 is 6.28. The molecular formula is C14H19BrN2O2. The molecule has 0 saturated carbocycles. The van der Waals surface area contributed by atoms with Gasteiger partial charge in [0.05, 0.1) is 12.8 Å². The van der Waals surface area contributed by atoms with E-state index in [9.17, 15) is 4.79 Å². The molecule has 1 unspecified atom stereocenters. The Kier molecular flexibility index (Phi) is 4.47. The molecule has 1 fully saturated rings. The van der Waals surface area contributed by atoms with Gasteiger partial charge in [-0.15, -0.1) is 0 Å². The van der Waals surface area contributed by atoms with Crippen molar-refractivity contribution in [2.45, 2.75) is 32.4 Å². The molecular weight excluding hydrogens is 308 g/mol. The highest BCUT2D eigenvalue weighted by Crippen LogP contribution is 2.34. The number of anilines is 1. The van der Waals surface area contributed by atoms with E-state index in [0.717, 1.165) is 15.9 Å². The van der Waals surface area contributed by atoms with Crippen molar-refractivity contribution >= 4 is 27.5 Å². The molecule has 0 radical (unpaired) electrons. The zero-order chi connectivity index (χ0) is 14.0. The van der Waals surface area contributed by atoms with Crippen molar-refractivity contribution in [3.8, 4) is 5.75 Å². The Morgan fingerprint density at radius 1 is 1.47 bits per heavy atom. The van der Waals surface area contributed by atoms with Crippen molar-refractivity contribution < 1.29 is 9.53 Å². The number of nitrogens with zero attached hydrogens (tertiary/aromatic N) is 1. The van der Waals surface area contributed by atoms with E-state index in [4.69, 9.17) is 4.74 Å². The van der Waals surface area contributed by atoms with Gasteiger partial charge < -0.3 is 15.0 Å². The second-order valence-electron chi connectivity index (χ2n) is 5.04. The number of benzene rings is 1. The molecule has 1 aliphatic rings. The van der Waals surface area contributed by atoms with Crippen LogP contribution in [0.15, 0.2) is 22.7 Å². The highest BCUT2D eigenvalue weighted by Gasteiger charge is 2.32. The van der Waals surface area contributed by atoms with E-state index < -0.39 is 0 Å². The van der Waals surface area contributed by atoms with Gasteiger partial charge >= 0.3 is 0 Å². The Balaban J connectivity index is 2.22. The Labute approximate surface area is 122 Å². The number of hydrogen-bond acceptors (Lipinski definition) is 3. The molecule has 1 N–H and O–H groups in total. The molecule has 1 amide bonds. The summed E-state index contributed by atoms with van der Waals surface area (Å²) in [5, 5.41) is 3.41. The van der Waals surface area contributed by atoms with Crippen LogP contribution in [-0.2, 0) is 4.79 Å². The number of methoxy groups -OCH3 is 1. The lowest BCUT2D eigenvalue weighted by Gasteiger charge is -2.21. The largest absolute Gasteiger partial charge is 0.495 e. The lowest BCUT2D eigenvalue weighted by molar-refractivity contribution is -0.117. The minimum absolute atomic E-state index is 0.134. The van der Waals surface area contributed by atoms with Crippen molar-refractivity contribution in [2.75, 3.05) is 18.6 Å². The van der Waals surface area contributed by atoms with Crippen LogP contribution in [0.5, 0.6) is 5.75 Å². The second kappa shape index (κ2) is 5.92. The zero-order valence-corrected chi connectivity index (χ0v) is 13.0. The van der Waals surface area contributed by atoms with E-state index in [1.54, 1.807) is 12.0 Å². The fourth-order valence-corrected chi connectivity index (χ4v) is 2.75. The molecule has 0 spiro atoms. The summed E-state index contributed by atoms with van der Waals surface area (Å²) in [6.07, 6.45) is 0.536. The smallest absolute Gasteiger partial charge is 0.228 e. The van der Waals surface area contributed by atoms with Crippen LogP contribution < -0.4 is 15.0 Å². The molecule has 4 nitrogen and oxygen atoms in total. The predicted molar refractivity (Wildman–Crippen MR) is 79.7 cm³/mol. The molecule has 1 saturated heterocycles. The summed E-state index contributed by atoms with van der Waals surface area (Å²) in [7, 11) is 1.62. The number of nitrogens with one attached hydrogen (secondary N) is 1. The molecule has 1 heterocycles. The van der Waals surface area contributed by atoms with Gasteiger partial charge in [0.15, 0.2) is 0 Å². The monoisotopic (exact) mass is 326 g/mol. The molecule has 2 rings (SSSR count). The SMILES string of the molecule is COc1ccc(Br)cc1N1CC(NC(C)C)CC1=O. The maximum absolute atomic E-state index is 12.2. The normalized spacial score (nSPS) is 19.3. The Morgan fingerprint density at radius 3 is 2.84 bits per heavy atom. The van der Waals surface area contributed by atoms with Gasteiger partial charge in [-0.25, -0.2) is 0 Å². The highest BCUT2D eigenvalue weighted by molar-refractivity contribution is 9.10. The first-order chi connectivity index (χ1) is 9.01. The summed E-state index contributed by atoms with van der Waals surface area (Å²) in [6, 6.07) is 6.29. The van der Waals surface area contributed by atoms with Crippen LogP contribution in [0, 0.1) is 0 Å². The lowest BCUT2D eigenvalue weighted by atomic mass is 10.2. The van der Waals surface area contributed by atoms with Gasteiger partial charge in [0.25, 0.3) is 0 Å². The molecule has 0 aliphatic carbocycles. The topological polar surface area (TPSA) is 41.6 Å². The van der Waals surface area contributed by atoms with Crippen molar-refractivity contribution in [3.63, 3.8) is 0 Å². The van der Waals surface area contributed by atoms with Crippen LogP contribution >= 0.6 is 15.9 Å². The number of halogens is 1. The Bertz CT molecular complexity index is 477. The van der Waals surface area contributed by atoms with Gasteiger partial charge in [-0.2, -0.15) is 0 Å². The standard InChI is InChI=1S/C14H19BrN2O2/c1-9(2)16-11-7-14(18)17(8-11)12-6-10(15)4-5-13(12)19-3/h4-6,9,11,16H,7-8H2,1-3H3. The minimum atomic E-state index is 0.134. The van der Waals surface area contributed by atoms with Gasteiger partial charge in [0.1, 0.15) is 5.75 Å². The molecule has 1 aromatic rings. The molecule has 0 aromatic heterocycles. The van der Waals surface area contributed by atoms with Crippen molar-refractivity contribution in [1.82, 2.24) is 5.32 Å². The maximum atomic E-state index is 12.2. The molecule has 1 aromatic carbocycles. The Morgan fingerprint density at radius 2 is 2.21 bits per heavy atom. The lowest BCUT2D eigenvalue weighted by Crippen LogP contribution is -2.37. The first kappa shape index (κ1) is 14.3. The van der Waals surface area contributed by atoms with E-state index in [1.807, 2.05) is 18.2 Å². The number of ether oxygens (including phenoxy) is 1. The number of amides is 1. The van der Waals surface area contributed by atoms with E-state index in [1.165, 1.54) is 0 Å². The molecule has 19 heavy (non-hydrogen) atoms. The van der Waals surface area contributed by atoms with Gasteiger partial charge in [-0.3, -0.25) is 4.79 Å². The summed E-state index contributed by atoms with van der Waals surface area (Å²) in [5.74, 6) is 0.858. The van der Waals surface area contributed by atoms with Gasteiger partial charge in [-0.05, 0) is 18.2 Å².